The average Bonchev–Trinajstić information content (AvgIpc) is 2.50. The Morgan fingerprint density at radius 1 is 0.769 bits per heavy atom. The SMILES string of the molecule is CC(C)Cc1ccc(OC(C)(C)C)cc1.Cc1ccccc1CC(C)C. The molecule has 0 aromatic heterocycles. The van der Waals surface area contributed by atoms with Crippen LogP contribution in [0.25, 0.3) is 0 Å². The zero-order valence-electron chi connectivity index (χ0n) is 18.1. The fourth-order valence-electron chi connectivity index (χ4n) is 2.80. The fourth-order valence-corrected chi connectivity index (χ4v) is 2.80. The van der Waals surface area contributed by atoms with Gasteiger partial charge >= 0.3 is 0 Å². The third-order valence-corrected chi connectivity index (χ3v) is 3.88. The Balaban J connectivity index is 0.000000273. The first-order valence-corrected chi connectivity index (χ1v) is 9.89. The molecule has 0 unspecified atom stereocenters. The van der Waals surface area contributed by atoms with Gasteiger partial charge in [-0.2, -0.15) is 0 Å². The predicted molar refractivity (Wildman–Crippen MR) is 115 cm³/mol. The molecule has 0 fully saturated rings. The van der Waals surface area contributed by atoms with Gasteiger partial charge in [0.2, 0.25) is 0 Å². The van der Waals surface area contributed by atoms with Crippen LogP contribution in [0.15, 0.2) is 48.5 Å². The first-order chi connectivity index (χ1) is 12.1. The second-order valence-electron chi connectivity index (χ2n) is 8.98. The van der Waals surface area contributed by atoms with Crippen molar-refractivity contribution in [2.24, 2.45) is 11.8 Å². The second kappa shape index (κ2) is 10.4. The minimum atomic E-state index is -0.112. The van der Waals surface area contributed by atoms with E-state index in [1.54, 1.807) is 0 Å². The van der Waals surface area contributed by atoms with Crippen molar-refractivity contribution in [1.29, 1.82) is 0 Å². The van der Waals surface area contributed by atoms with E-state index in [4.69, 9.17) is 4.74 Å². The number of aryl methyl sites for hydroxylation is 1. The molecule has 1 nitrogen and oxygen atoms in total. The molecule has 0 aliphatic rings. The summed E-state index contributed by atoms with van der Waals surface area (Å²) in [6.45, 7) is 17.4. The Labute approximate surface area is 161 Å². The highest BCUT2D eigenvalue weighted by molar-refractivity contribution is 5.28. The zero-order valence-corrected chi connectivity index (χ0v) is 18.1. The smallest absolute Gasteiger partial charge is 0.120 e. The molecule has 0 aliphatic carbocycles. The molecule has 0 N–H and O–H groups in total. The number of hydrogen-bond acceptors (Lipinski definition) is 1. The highest BCUT2D eigenvalue weighted by Crippen LogP contribution is 2.19. The molecule has 0 amide bonds. The molecular formula is C25H38O. The Morgan fingerprint density at radius 2 is 1.31 bits per heavy atom. The van der Waals surface area contributed by atoms with Gasteiger partial charge in [-0.25, -0.2) is 0 Å². The van der Waals surface area contributed by atoms with Crippen molar-refractivity contribution in [2.45, 2.75) is 73.8 Å². The van der Waals surface area contributed by atoms with Crippen molar-refractivity contribution in [3.8, 4) is 5.75 Å². The summed E-state index contributed by atoms with van der Waals surface area (Å²) in [4.78, 5) is 0. The third kappa shape index (κ3) is 9.65. The van der Waals surface area contributed by atoms with Gasteiger partial charge < -0.3 is 4.74 Å². The molecule has 0 bridgehead atoms. The summed E-state index contributed by atoms with van der Waals surface area (Å²) in [7, 11) is 0. The van der Waals surface area contributed by atoms with Crippen LogP contribution in [-0.4, -0.2) is 5.60 Å². The zero-order chi connectivity index (χ0) is 19.7. The van der Waals surface area contributed by atoms with E-state index in [-0.39, 0.29) is 5.60 Å². The fraction of sp³-hybridized carbons (Fsp3) is 0.520. The molecule has 0 radical (unpaired) electrons. The highest BCUT2D eigenvalue weighted by Gasteiger charge is 2.11. The van der Waals surface area contributed by atoms with Crippen LogP contribution >= 0.6 is 0 Å². The number of benzene rings is 2. The van der Waals surface area contributed by atoms with Crippen LogP contribution in [0.5, 0.6) is 5.75 Å². The topological polar surface area (TPSA) is 9.23 Å². The lowest BCUT2D eigenvalue weighted by atomic mass is 9.99. The van der Waals surface area contributed by atoms with Crippen LogP contribution in [0.2, 0.25) is 0 Å². The second-order valence-corrected chi connectivity index (χ2v) is 8.98. The minimum absolute atomic E-state index is 0.112. The Kier molecular flexibility index (Phi) is 8.92. The molecule has 26 heavy (non-hydrogen) atoms. The molecule has 2 aromatic rings. The van der Waals surface area contributed by atoms with Gasteiger partial charge in [-0.05, 0) is 81.2 Å². The highest BCUT2D eigenvalue weighted by atomic mass is 16.5. The summed E-state index contributed by atoms with van der Waals surface area (Å²) < 4.78 is 5.76. The molecule has 2 aromatic carbocycles. The lowest BCUT2D eigenvalue weighted by Crippen LogP contribution is -2.22. The summed E-state index contributed by atoms with van der Waals surface area (Å²) >= 11 is 0. The van der Waals surface area contributed by atoms with Crippen LogP contribution in [-0.2, 0) is 12.8 Å². The average molecular weight is 355 g/mol. The quantitative estimate of drug-likeness (QED) is 0.549. The van der Waals surface area contributed by atoms with E-state index in [1.807, 2.05) is 0 Å². The van der Waals surface area contributed by atoms with Gasteiger partial charge in [0.1, 0.15) is 11.4 Å². The maximum Gasteiger partial charge on any atom is 0.120 e. The van der Waals surface area contributed by atoms with Crippen molar-refractivity contribution >= 4 is 0 Å². The Hall–Kier alpha value is -1.76. The molecule has 2 rings (SSSR count). The maximum atomic E-state index is 5.76. The molecule has 1 heteroatoms. The van der Waals surface area contributed by atoms with Crippen LogP contribution in [0, 0.1) is 18.8 Å². The van der Waals surface area contributed by atoms with Crippen LogP contribution in [0.3, 0.4) is 0 Å². The van der Waals surface area contributed by atoms with Crippen molar-refractivity contribution in [3.05, 3.63) is 65.2 Å². The minimum Gasteiger partial charge on any atom is -0.488 e. The molecular weight excluding hydrogens is 316 g/mol. The summed E-state index contributed by atoms with van der Waals surface area (Å²) in [6.07, 6.45) is 2.34. The molecule has 0 aliphatic heterocycles. The van der Waals surface area contributed by atoms with Crippen LogP contribution < -0.4 is 4.74 Å². The van der Waals surface area contributed by atoms with Gasteiger partial charge in [0.05, 0.1) is 0 Å². The Bertz CT molecular complexity index is 630. The summed E-state index contributed by atoms with van der Waals surface area (Å²) in [6, 6.07) is 17.0. The lowest BCUT2D eigenvalue weighted by Gasteiger charge is -2.21. The van der Waals surface area contributed by atoms with E-state index < -0.39 is 0 Å². The summed E-state index contributed by atoms with van der Waals surface area (Å²) in [5.41, 5.74) is 4.18. The number of hydrogen-bond donors (Lipinski definition) is 0. The lowest BCUT2D eigenvalue weighted by molar-refractivity contribution is 0.131. The summed E-state index contributed by atoms with van der Waals surface area (Å²) in [5, 5.41) is 0. The normalized spacial score (nSPS) is 11.3. The molecule has 0 spiro atoms. The van der Waals surface area contributed by atoms with Crippen molar-refractivity contribution in [3.63, 3.8) is 0 Å². The number of rotatable bonds is 5. The van der Waals surface area contributed by atoms with E-state index in [0.717, 1.165) is 18.1 Å². The van der Waals surface area contributed by atoms with Gasteiger partial charge in [0, 0.05) is 0 Å². The van der Waals surface area contributed by atoms with Crippen molar-refractivity contribution in [2.75, 3.05) is 0 Å². The van der Waals surface area contributed by atoms with Gasteiger partial charge in [-0.1, -0.05) is 64.1 Å². The van der Waals surface area contributed by atoms with E-state index in [9.17, 15) is 0 Å². The van der Waals surface area contributed by atoms with E-state index in [1.165, 1.54) is 23.1 Å². The van der Waals surface area contributed by atoms with Gasteiger partial charge in [-0.3, -0.25) is 0 Å². The van der Waals surface area contributed by atoms with Gasteiger partial charge in [0.25, 0.3) is 0 Å². The Morgan fingerprint density at radius 3 is 1.77 bits per heavy atom. The van der Waals surface area contributed by atoms with E-state index >= 15 is 0 Å². The van der Waals surface area contributed by atoms with Crippen molar-refractivity contribution in [1.82, 2.24) is 0 Å². The molecule has 0 atom stereocenters. The van der Waals surface area contributed by atoms with Crippen LogP contribution in [0.1, 0.15) is 65.2 Å². The van der Waals surface area contributed by atoms with Gasteiger partial charge in [-0.15, -0.1) is 0 Å². The van der Waals surface area contributed by atoms with Crippen LogP contribution in [0.4, 0.5) is 0 Å². The summed E-state index contributed by atoms with van der Waals surface area (Å²) in [5.74, 6) is 2.42. The number of ether oxygens (including phenoxy) is 1. The largest absolute Gasteiger partial charge is 0.488 e. The first kappa shape index (κ1) is 22.3. The first-order valence-electron chi connectivity index (χ1n) is 9.89. The molecule has 0 saturated carbocycles. The third-order valence-electron chi connectivity index (χ3n) is 3.88. The monoisotopic (exact) mass is 354 g/mol. The van der Waals surface area contributed by atoms with Crippen molar-refractivity contribution < 1.29 is 4.74 Å². The maximum absolute atomic E-state index is 5.76. The molecule has 0 saturated heterocycles. The standard InChI is InChI=1S/C14H22O.C11H16/c1-11(2)10-12-6-8-13(9-7-12)15-14(3,4)5;1-9(2)8-11-7-5-4-6-10(11)3/h6-9,11H,10H2,1-5H3;4-7,9H,8H2,1-3H3. The predicted octanol–water partition coefficient (Wildman–Crippen LogP) is 7.26. The molecule has 0 heterocycles. The molecule has 144 valence electrons. The van der Waals surface area contributed by atoms with E-state index in [2.05, 4.69) is 104 Å². The van der Waals surface area contributed by atoms with Gasteiger partial charge in [0.15, 0.2) is 0 Å². The van der Waals surface area contributed by atoms with E-state index in [0.29, 0.717) is 5.92 Å².